The van der Waals surface area contributed by atoms with Crippen molar-refractivity contribution in [2.45, 2.75) is 32.4 Å². The number of aromatic carboxylic acids is 1. The van der Waals surface area contributed by atoms with E-state index in [1.165, 1.54) is 6.92 Å². The van der Waals surface area contributed by atoms with Crippen LogP contribution >= 0.6 is 0 Å². The van der Waals surface area contributed by atoms with E-state index in [1.54, 1.807) is 12.1 Å². The number of nitrogens with zero attached hydrogens (tertiary/aromatic N) is 1. The summed E-state index contributed by atoms with van der Waals surface area (Å²) in [5.41, 5.74) is 1.22. The number of rotatable bonds is 4. The third kappa shape index (κ3) is 3.81. The molecule has 0 radical (unpaired) electrons. The van der Waals surface area contributed by atoms with E-state index in [0.29, 0.717) is 12.1 Å². The molecule has 1 saturated heterocycles. The van der Waals surface area contributed by atoms with Crippen LogP contribution in [0.1, 0.15) is 35.7 Å². The van der Waals surface area contributed by atoms with Crippen LogP contribution in [0.3, 0.4) is 0 Å². The minimum absolute atomic E-state index is 0.0136. The highest BCUT2D eigenvalue weighted by Crippen LogP contribution is 2.16. The van der Waals surface area contributed by atoms with Crippen LogP contribution in [-0.4, -0.2) is 41.0 Å². The summed E-state index contributed by atoms with van der Waals surface area (Å²) >= 11 is 0. The average Bonchev–Trinajstić information content (AvgIpc) is 2.41. The molecular weight excluding hydrogens is 256 g/mol. The molecule has 2 N–H and O–H groups in total. The van der Waals surface area contributed by atoms with Gasteiger partial charge in [-0.05, 0) is 24.5 Å². The molecule has 1 amide bonds. The van der Waals surface area contributed by atoms with Crippen LogP contribution in [0.2, 0.25) is 0 Å². The number of carbonyl (C=O) groups excluding carboxylic acids is 1. The SMILES string of the molecule is CC(=O)NC1CCN(Cc2ccccc2C(=O)O)CC1. The zero-order valence-electron chi connectivity index (χ0n) is 11.6. The van der Waals surface area contributed by atoms with Gasteiger partial charge in [0.2, 0.25) is 5.91 Å². The zero-order chi connectivity index (χ0) is 14.5. The summed E-state index contributed by atoms with van der Waals surface area (Å²) < 4.78 is 0. The van der Waals surface area contributed by atoms with E-state index in [4.69, 9.17) is 0 Å². The Balaban J connectivity index is 1.93. The second-order valence-electron chi connectivity index (χ2n) is 5.21. The molecule has 1 heterocycles. The lowest BCUT2D eigenvalue weighted by Crippen LogP contribution is -2.43. The van der Waals surface area contributed by atoms with Gasteiger partial charge in [0.05, 0.1) is 5.56 Å². The Kier molecular flexibility index (Phi) is 4.74. The van der Waals surface area contributed by atoms with Crippen LogP contribution in [-0.2, 0) is 11.3 Å². The highest BCUT2D eigenvalue weighted by atomic mass is 16.4. The Morgan fingerprint density at radius 3 is 2.55 bits per heavy atom. The number of hydrogen-bond acceptors (Lipinski definition) is 3. The number of hydrogen-bond donors (Lipinski definition) is 2. The second kappa shape index (κ2) is 6.52. The van der Waals surface area contributed by atoms with Crippen LogP contribution in [0.4, 0.5) is 0 Å². The summed E-state index contributed by atoms with van der Waals surface area (Å²) in [5.74, 6) is -0.867. The number of carboxylic acid groups (broad SMARTS) is 1. The molecule has 0 aromatic heterocycles. The molecule has 0 atom stereocenters. The molecule has 0 spiro atoms. The zero-order valence-corrected chi connectivity index (χ0v) is 11.6. The van der Waals surface area contributed by atoms with Gasteiger partial charge >= 0.3 is 5.97 Å². The Morgan fingerprint density at radius 2 is 1.95 bits per heavy atom. The Bertz CT molecular complexity index is 494. The van der Waals surface area contributed by atoms with Crippen molar-refractivity contribution >= 4 is 11.9 Å². The smallest absolute Gasteiger partial charge is 0.336 e. The van der Waals surface area contributed by atoms with Crippen molar-refractivity contribution in [3.63, 3.8) is 0 Å². The lowest BCUT2D eigenvalue weighted by molar-refractivity contribution is -0.120. The number of benzene rings is 1. The Morgan fingerprint density at radius 1 is 1.30 bits per heavy atom. The molecule has 5 nitrogen and oxygen atoms in total. The molecule has 0 aliphatic carbocycles. The molecule has 20 heavy (non-hydrogen) atoms. The fraction of sp³-hybridized carbons (Fsp3) is 0.467. The van der Waals surface area contributed by atoms with Crippen molar-refractivity contribution in [3.05, 3.63) is 35.4 Å². The van der Waals surface area contributed by atoms with Crippen LogP contribution in [0, 0.1) is 0 Å². The lowest BCUT2D eigenvalue weighted by Gasteiger charge is -2.32. The molecule has 1 fully saturated rings. The third-order valence-corrected chi connectivity index (χ3v) is 3.64. The lowest BCUT2D eigenvalue weighted by atomic mass is 10.0. The first kappa shape index (κ1) is 14.5. The molecule has 0 unspecified atom stereocenters. The second-order valence-corrected chi connectivity index (χ2v) is 5.21. The van der Waals surface area contributed by atoms with Gasteiger partial charge in [0.1, 0.15) is 0 Å². The minimum Gasteiger partial charge on any atom is -0.478 e. The molecule has 2 rings (SSSR count). The summed E-state index contributed by atoms with van der Waals surface area (Å²) in [6.45, 7) is 3.93. The van der Waals surface area contributed by atoms with Crippen molar-refractivity contribution < 1.29 is 14.7 Å². The first-order chi connectivity index (χ1) is 9.56. The van der Waals surface area contributed by atoms with Crippen molar-refractivity contribution in [1.29, 1.82) is 0 Å². The standard InChI is InChI=1S/C15H20N2O3/c1-11(18)16-13-6-8-17(9-7-13)10-12-4-2-3-5-14(12)15(19)20/h2-5,13H,6-10H2,1H3,(H,16,18)(H,19,20). The Labute approximate surface area is 118 Å². The summed E-state index contributed by atoms with van der Waals surface area (Å²) in [6.07, 6.45) is 1.82. The molecule has 0 bridgehead atoms. The summed E-state index contributed by atoms with van der Waals surface area (Å²) in [4.78, 5) is 24.4. The van der Waals surface area contributed by atoms with Crippen molar-refractivity contribution in [3.8, 4) is 0 Å². The molecule has 108 valence electrons. The van der Waals surface area contributed by atoms with E-state index in [-0.39, 0.29) is 11.9 Å². The number of amides is 1. The van der Waals surface area contributed by atoms with Gasteiger partial charge in [-0.15, -0.1) is 0 Å². The van der Waals surface area contributed by atoms with E-state index in [0.717, 1.165) is 31.5 Å². The van der Waals surface area contributed by atoms with Gasteiger partial charge < -0.3 is 10.4 Å². The number of nitrogens with one attached hydrogen (secondary N) is 1. The largest absolute Gasteiger partial charge is 0.478 e. The maximum absolute atomic E-state index is 11.2. The van der Waals surface area contributed by atoms with Crippen LogP contribution in [0.25, 0.3) is 0 Å². The number of piperidine rings is 1. The fourth-order valence-electron chi connectivity index (χ4n) is 2.63. The molecule has 1 aliphatic rings. The van der Waals surface area contributed by atoms with Crippen LogP contribution < -0.4 is 5.32 Å². The van der Waals surface area contributed by atoms with Gasteiger partial charge in [-0.3, -0.25) is 9.69 Å². The van der Waals surface area contributed by atoms with E-state index in [1.807, 2.05) is 12.1 Å². The van der Waals surface area contributed by atoms with Gasteiger partial charge in [0.25, 0.3) is 0 Å². The molecule has 5 heteroatoms. The minimum atomic E-state index is -0.881. The number of likely N-dealkylation sites (tertiary alicyclic amines) is 1. The summed E-state index contributed by atoms with van der Waals surface area (Å²) in [7, 11) is 0. The van der Waals surface area contributed by atoms with Gasteiger partial charge in [0, 0.05) is 32.6 Å². The average molecular weight is 276 g/mol. The molecule has 1 aliphatic heterocycles. The molecular formula is C15H20N2O3. The predicted octanol–water partition coefficient (Wildman–Crippen LogP) is 1.49. The predicted molar refractivity (Wildman–Crippen MR) is 75.5 cm³/mol. The first-order valence-electron chi connectivity index (χ1n) is 6.87. The van der Waals surface area contributed by atoms with E-state index in [2.05, 4.69) is 10.2 Å². The fourth-order valence-corrected chi connectivity index (χ4v) is 2.63. The van der Waals surface area contributed by atoms with Gasteiger partial charge in [-0.2, -0.15) is 0 Å². The van der Waals surface area contributed by atoms with Gasteiger partial charge in [-0.1, -0.05) is 18.2 Å². The first-order valence-corrected chi connectivity index (χ1v) is 6.87. The van der Waals surface area contributed by atoms with Crippen molar-refractivity contribution in [2.75, 3.05) is 13.1 Å². The highest BCUT2D eigenvalue weighted by molar-refractivity contribution is 5.89. The normalized spacial score (nSPS) is 16.9. The van der Waals surface area contributed by atoms with E-state index >= 15 is 0 Å². The molecule has 1 aromatic carbocycles. The maximum atomic E-state index is 11.2. The van der Waals surface area contributed by atoms with Crippen molar-refractivity contribution in [1.82, 2.24) is 10.2 Å². The monoisotopic (exact) mass is 276 g/mol. The quantitative estimate of drug-likeness (QED) is 0.874. The molecule has 0 saturated carbocycles. The summed E-state index contributed by atoms with van der Waals surface area (Å²) in [6, 6.07) is 7.37. The number of carboxylic acids is 1. The van der Waals surface area contributed by atoms with Gasteiger partial charge in [0.15, 0.2) is 0 Å². The topological polar surface area (TPSA) is 69.6 Å². The van der Waals surface area contributed by atoms with Gasteiger partial charge in [-0.25, -0.2) is 4.79 Å². The summed E-state index contributed by atoms with van der Waals surface area (Å²) in [5, 5.41) is 12.1. The van der Waals surface area contributed by atoms with Crippen molar-refractivity contribution in [2.24, 2.45) is 0 Å². The third-order valence-electron chi connectivity index (χ3n) is 3.64. The Hall–Kier alpha value is -1.88. The van der Waals surface area contributed by atoms with E-state index in [9.17, 15) is 14.7 Å². The highest BCUT2D eigenvalue weighted by Gasteiger charge is 2.21. The maximum Gasteiger partial charge on any atom is 0.336 e. The van der Waals surface area contributed by atoms with Crippen LogP contribution in [0.5, 0.6) is 0 Å². The molecule has 1 aromatic rings. The number of carbonyl (C=O) groups is 2. The van der Waals surface area contributed by atoms with E-state index < -0.39 is 5.97 Å². The van der Waals surface area contributed by atoms with Crippen LogP contribution in [0.15, 0.2) is 24.3 Å².